The van der Waals surface area contributed by atoms with E-state index in [2.05, 4.69) is 5.32 Å². The van der Waals surface area contributed by atoms with Crippen LogP contribution in [-0.4, -0.2) is 24.2 Å². The van der Waals surface area contributed by atoms with Gasteiger partial charge >= 0.3 is 5.97 Å². The lowest BCUT2D eigenvalue weighted by Gasteiger charge is -2.08. The Kier molecular flexibility index (Phi) is 6.76. The fraction of sp³-hybridized carbons (Fsp3) is 0.889. The van der Waals surface area contributed by atoms with E-state index in [-0.39, 0.29) is 5.92 Å². The SMILES string of the molecule is C1CCNCC1.CC(C)C(=O)O. The molecule has 1 aliphatic rings. The molecule has 0 aromatic rings. The predicted octanol–water partition coefficient (Wildman–Crippen LogP) is 1.49. The summed E-state index contributed by atoms with van der Waals surface area (Å²) in [6.07, 6.45) is 4.22. The molecule has 3 nitrogen and oxygen atoms in total. The third-order valence-electron chi connectivity index (χ3n) is 1.70. The Labute approximate surface area is 74.2 Å². The standard InChI is InChI=1S/C5H11N.C4H8O2/c1-2-4-6-5-3-1;1-3(2)4(5)6/h6H,1-5H2;3H,1-2H3,(H,5,6). The summed E-state index contributed by atoms with van der Waals surface area (Å²) in [5.41, 5.74) is 0. The van der Waals surface area contributed by atoms with Crippen molar-refractivity contribution in [2.24, 2.45) is 5.92 Å². The molecular formula is C9H19NO2. The monoisotopic (exact) mass is 173 g/mol. The van der Waals surface area contributed by atoms with Crippen molar-refractivity contribution in [2.45, 2.75) is 33.1 Å². The number of hydrogen-bond acceptors (Lipinski definition) is 2. The summed E-state index contributed by atoms with van der Waals surface area (Å²) in [5.74, 6) is -0.972. The van der Waals surface area contributed by atoms with Gasteiger partial charge in [-0.25, -0.2) is 0 Å². The molecule has 0 radical (unpaired) electrons. The van der Waals surface area contributed by atoms with Gasteiger partial charge in [0.15, 0.2) is 0 Å². The van der Waals surface area contributed by atoms with Crippen LogP contribution in [0, 0.1) is 5.92 Å². The van der Waals surface area contributed by atoms with Crippen molar-refractivity contribution >= 4 is 5.97 Å². The number of carboxylic acid groups (broad SMARTS) is 1. The minimum atomic E-state index is -0.741. The molecule has 0 amide bonds. The summed E-state index contributed by atoms with van der Waals surface area (Å²) in [5, 5.41) is 11.3. The summed E-state index contributed by atoms with van der Waals surface area (Å²) in [6, 6.07) is 0. The average molecular weight is 173 g/mol. The highest BCUT2D eigenvalue weighted by molar-refractivity contribution is 5.68. The summed E-state index contributed by atoms with van der Waals surface area (Å²) < 4.78 is 0. The van der Waals surface area contributed by atoms with Crippen LogP contribution in [0.1, 0.15) is 33.1 Å². The molecule has 3 heteroatoms. The van der Waals surface area contributed by atoms with E-state index in [1.807, 2.05) is 0 Å². The number of carboxylic acids is 1. The molecule has 0 saturated carbocycles. The quantitative estimate of drug-likeness (QED) is 0.631. The highest BCUT2D eigenvalue weighted by atomic mass is 16.4. The topological polar surface area (TPSA) is 49.3 Å². The number of hydrogen-bond donors (Lipinski definition) is 2. The van der Waals surface area contributed by atoms with E-state index in [9.17, 15) is 4.79 Å². The second-order valence-corrected chi connectivity index (χ2v) is 3.30. The summed E-state index contributed by atoms with van der Waals surface area (Å²) in [6.45, 7) is 5.78. The molecule has 0 atom stereocenters. The maximum atomic E-state index is 9.70. The van der Waals surface area contributed by atoms with Gasteiger partial charge in [0.05, 0.1) is 5.92 Å². The number of piperidine rings is 1. The lowest BCUT2D eigenvalue weighted by atomic mass is 10.2. The minimum absolute atomic E-state index is 0.231. The fourth-order valence-corrected chi connectivity index (χ4v) is 0.802. The molecule has 0 spiro atoms. The normalized spacial score (nSPS) is 16.6. The molecule has 72 valence electrons. The fourth-order valence-electron chi connectivity index (χ4n) is 0.802. The van der Waals surface area contributed by atoms with Crippen LogP contribution in [-0.2, 0) is 4.79 Å². The minimum Gasteiger partial charge on any atom is -0.481 e. The van der Waals surface area contributed by atoms with Gasteiger partial charge in [0.2, 0.25) is 0 Å². The second kappa shape index (κ2) is 7.10. The molecule has 2 N–H and O–H groups in total. The smallest absolute Gasteiger partial charge is 0.305 e. The molecule has 0 aromatic carbocycles. The van der Waals surface area contributed by atoms with Crippen molar-refractivity contribution in [3.8, 4) is 0 Å². The second-order valence-electron chi connectivity index (χ2n) is 3.30. The van der Waals surface area contributed by atoms with E-state index in [1.165, 1.54) is 32.4 Å². The Balaban J connectivity index is 0.000000202. The van der Waals surface area contributed by atoms with Gasteiger partial charge in [-0.15, -0.1) is 0 Å². The van der Waals surface area contributed by atoms with Crippen molar-refractivity contribution in [3.63, 3.8) is 0 Å². The van der Waals surface area contributed by atoms with Gasteiger partial charge in [-0.1, -0.05) is 20.3 Å². The van der Waals surface area contributed by atoms with Crippen LogP contribution < -0.4 is 5.32 Å². The molecule has 1 fully saturated rings. The van der Waals surface area contributed by atoms with Gasteiger partial charge in [0.1, 0.15) is 0 Å². The Morgan fingerprint density at radius 3 is 1.75 bits per heavy atom. The van der Waals surface area contributed by atoms with E-state index in [0.717, 1.165) is 0 Å². The van der Waals surface area contributed by atoms with Crippen LogP contribution in [0.4, 0.5) is 0 Å². The summed E-state index contributed by atoms with van der Waals surface area (Å²) in [7, 11) is 0. The lowest BCUT2D eigenvalue weighted by molar-refractivity contribution is -0.140. The molecule has 1 rings (SSSR count). The average Bonchev–Trinajstić information content (AvgIpc) is 2.08. The zero-order chi connectivity index (χ0) is 9.40. The van der Waals surface area contributed by atoms with Crippen LogP contribution in [0.25, 0.3) is 0 Å². The highest BCUT2D eigenvalue weighted by Gasteiger charge is 1.99. The van der Waals surface area contributed by atoms with Gasteiger partial charge in [-0.05, 0) is 25.9 Å². The predicted molar refractivity (Wildman–Crippen MR) is 49.2 cm³/mol. The van der Waals surface area contributed by atoms with Crippen molar-refractivity contribution in [1.82, 2.24) is 5.32 Å². The molecule has 0 aromatic heterocycles. The van der Waals surface area contributed by atoms with Crippen molar-refractivity contribution < 1.29 is 9.90 Å². The van der Waals surface area contributed by atoms with Crippen molar-refractivity contribution in [2.75, 3.05) is 13.1 Å². The van der Waals surface area contributed by atoms with E-state index in [0.29, 0.717) is 0 Å². The lowest BCUT2D eigenvalue weighted by Crippen LogP contribution is -2.21. The van der Waals surface area contributed by atoms with Crippen LogP contribution in [0.5, 0.6) is 0 Å². The number of rotatable bonds is 1. The summed E-state index contributed by atoms with van der Waals surface area (Å²) >= 11 is 0. The molecule has 1 aliphatic heterocycles. The Morgan fingerprint density at radius 2 is 1.67 bits per heavy atom. The van der Waals surface area contributed by atoms with E-state index < -0.39 is 5.97 Å². The maximum Gasteiger partial charge on any atom is 0.305 e. The largest absolute Gasteiger partial charge is 0.481 e. The first-order valence-electron chi connectivity index (χ1n) is 4.58. The van der Waals surface area contributed by atoms with Crippen LogP contribution in [0.2, 0.25) is 0 Å². The van der Waals surface area contributed by atoms with Gasteiger partial charge in [0.25, 0.3) is 0 Å². The molecule has 0 aliphatic carbocycles. The number of carbonyl (C=O) groups is 1. The third-order valence-corrected chi connectivity index (χ3v) is 1.70. The van der Waals surface area contributed by atoms with Crippen LogP contribution in [0.15, 0.2) is 0 Å². The van der Waals surface area contributed by atoms with Crippen LogP contribution in [0.3, 0.4) is 0 Å². The molecule has 12 heavy (non-hydrogen) atoms. The molecular weight excluding hydrogens is 154 g/mol. The molecule has 0 bridgehead atoms. The summed E-state index contributed by atoms with van der Waals surface area (Å²) in [4.78, 5) is 9.70. The number of nitrogens with one attached hydrogen (secondary N) is 1. The Hall–Kier alpha value is -0.570. The molecule has 0 unspecified atom stereocenters. The zero-order valence-electron chi connectivity index (χ0n) is 7.97. The Bertz CT molecular complexity index is 108. The van der Waals surface area contributed by atoms with E-state index >= 15 is 0 Å². The van der Waals surface area contributed by atoms with Crippen LogP contribution >= 0.6 is 0 Å². The zero-order valence-corrected chi connectivity index (χ0v) is 7.97. The Morgan fingerprint density at radius 1 is 1.25 bits per heavy atom. The van der Waals surface area contributed by atoms with Gasteiger partial charge in [0, 0.05) is 0 Å². The molecule has 1 saturated heterocycles. The first kappa shape index (κ1) is 11.4. The first-order valence-corrected chi connectivity index (χ1v) is 4.58. The van der Waals surface area contributed by atoms with Gasteiger partial charge in [-0.2, -0.15) is 0 Å². The van der Waals surface area contributed by atoms with E-state index in [4.69, 9.17) is 5.11 Å². The number of aliphatic carboxylic acids is 1. The first-order chi connectivity index (χ1) is 5.64. The van der Waals surface area contributed by atoms with Gasteiger partial charge in [-0.3, -0.25) is 4.79 Å². The molecule has 1 heterocycles. The van der Waals surface area contributed by atoms with Gasteiger partial charge < -0.3 is 10.4 Å². The third kappa shape index (κ3) is 7.54. The van der Waals surface area contributed by atoms with E-state index in [1.54, 1.807) is 13.8 Å². The highest BCUT2D eigenvalue weighted by Crippen LogP contribution is 1.96. The van der Waals surface area contributed by atoms with Crippen molar-refractivity contribution in [3.05, 3.63) is 0 Å². The maximum absolute atomic E-state index is 9.70. The van der Waals surface area contributed by atoms with Crippen molar-refractivity contribution in [1.29, 1.82) is 0 Å².